The Morgan fingerprint density at radius 1 is 1.16 bits per heavy atom. The molecule has 0 saturated carbocycles. The summed E-state index contributed by atoms with van der Waals surface area (Å²) in [5.74, 6) is 0. The molecule has 0 unspecified atom stereocenters. The molecule has 0 heteroatoms. The third kappa shape index (κ3) is 6.27. The number of hydrogen-bond donors (Lipinski definition) is 0. The maximum atomic E-state index is 2.54. The highest BCUT2D eigenvalue weighted by atomic mass is 14.1. The predicted molar refractivity (Wildman–Crippen MR) is 87.4 cm³/mol. The molecule has 0 aliphatic heterocycles. The van der Waals surface area contributed by atoms with E-state index in [2.05, 4.69) is 39.0 Å². The summed E-state index contributed by atoms with van der Waals surface area (Å²) in [5, 5.41) is 0. The normalized spacial score (nSPS) is 16.3. The lowest BCUT2D eigenvalue weighted by atomic mass is 9.89. The SMILES string of the molecule is CCCCC=C(CCCC)CC1=C(CC)C=CCC1. The highest BCUT2D eigenvalue weighted by Gasteiger charge is 2.09. The van der Waals surface area contributed by atoms with Gasteiger partial charge in [0.05, 0.1) is 0 Å². The molecule has 1 rings (SSSR count). The molecule has 0 bridgehead atoms. The molecule has 0 aromatic heterocycles. The first kappa shape index (κ1) is 16.3. The summed E-state index contributed by atoms with van der Waals surface area (Å²) in [7, 11) is 0. The zero-order valence-electron chi connectivity index (χ0n) is 13.3. The molecule has 108 valence electrons. The van der Waals surface area contributed by atoms with Crippen molar-refractivity contribution in [2.45, 2.75) is 85.0 Å². The van der Waals surface area contributed by atoms with E-state index < -0.39 is 0 Å². The monoisotopic (exact) mass is 260 g/mol. The van der Waals surface area contributed by atoms with Gasteiger partial charge in [0.2, 0.25) is 0 Å². The van der Waals surface area contributed by atoms with Crippen molar-refractivity contribution in [3.05, 3.63) is 34.9 Å². The third-order valence-corrected chi connectivity index (χ3v) is 4.05. The van der Waals surface area contributed by atoms with Gasteiger partial charge in [0.25, 0.3) is 0 Å². The van der Waals surface area contributed by atoms with Crippen molar-refractivity contribution in [2.24, 2.45) is 0 Å². The van der Waals surface area contributed by atoms with Crippen molar-refractivity contribution in [3.8, 4) is 0 Å². The first-order valence-electron chi connectivity index (χ1n) is 8.37. The van der Waals surface area contributed by atoms with Gasteiger partial charge in [-0.05, 0) is 50.5 Å². The summed E-state index contributed by atoms with van der Waals surface area (Å²) in [6.07, 6.45) is 20.1. The van der Waals surface area contributed by atoms with E-state index in [4.69, 9.17) is 0 Å². The van der Waals surface area contributed by atoms with Gasteiger partial charge in [0.1, 0.15) is 0 Å². The van der Waals surface area contributed by atoms with Gasteiger partial charge in [-0.1, -0.05) is 69.4 Å². The van der Waals surface area contributed by atoms with Gasteiger partial charge in [0, 0.05) is 0 Å². The maximum absolute atomic E-state index is 2.54. The summed E-state index contributed by atoms with van der Waals surface area (Å²) in [4.78, 5) is 0. The lowest BCUT2D eigenvalue weighted by Gasteiger charge is -2.17. The molecular formula is C19H32. The van der Waals surface area contributed by atoms with Crippen molar-refractivity contribution in [1.82, 2.24) is 0 Å². The molecule has 0 heterocycles. The van der Waals surface area contributed by atoms with E-state index in [0.717, 1.165) is 0 Å². The van der Waals surface area contributed by atoms with Crippen LogP contribution in [0.15, 0.2) is 34.9 Å². The molecule has 1 aliphatic carbocycles. The van der Waals surface area contributed by atoms with Crippen molar-refractivity contribution < 1.29 is 0 Å². The minimum Gasteiger partial charge on any atom is -0.0850 e. The van der Waals surface area contributed by atoms with E-state index in [9.17, 15) is 0 Å². The topological polar surface area (TPSA) is 0 Å². The molecular weight excluding hydrogens is 228 g/mol. The fraction of sp³-hybridized carbons (Fsp3) is 0.684. The smallest absolute Gasteiger partial charge is 0.0103 e. The first-order valence-corrected chi connectivity index (χ1v) is 8.37. The van der Waals surface area contributed by atoms with E-state index in [1.807, 2.05) is 0 Å². The molecule has 0 aromatic rings. The molecule has 0 saturated heterocycles. The van der Waals surface area contributed by atoms with Crippen LogP contribution in [-0.4, -0.2) is 0 Å². The summed E-state index contributed by atoms with van der Waals surface area (Å²) in [6.45, 7) is 6.87. The van der Waals surface area contributed by atoms with Crippen molar-refractivity contribution in [2.75, 3.05) is 0 Å². The molecule has 0 spiro atoms. The van der Waals surface area contributed by atoms with Crippen LogP contribution in [-0.2, 0) is 0 Å². The molecule has 0 atom stereocenters. The molecule has 0 radical (unpaired) electrons. The van der Waals surface area contributed by atoms with E-state index in [1.54, 1.807) is 16.7 Å². The summed E-state index contributed by atoms with van der Waals surface area (Å²) in [6, 6.07) is 0. The van der Waals surface area contributed by atoms with Crippen molar-refractivity contribution >= 4 is 0 Å². The summed E-state index contributed by atoms with van der Waals surface area (Å²) < 4.78 is 0. The lowest BCUT2D eigenvalue weighted by Crippen LogP contribution is -1.97. The second-order valence-electron chi connectivity index (χ2n) is 5.71. The highest BCUT2D eigenvalue weighted by molar-refractivity contribution is 5.32. The molecule has 0 N–H and O–H groups in total. The average molecular weight is 260 g/mol. The Hall–Kier alpha value is -0.780. The van der Waals surface area contributed by atoms with Crippen LogP contribution < -0.4 is 0 Å². The Labute approximate surface area is 120 Å². The van der Waals surface area contributed by atoms with Gasteiger partial charge in [-0.3, -0.25) is 0 Å². The molecule has 19 heavy (non-hydrogen) atoms. The van der Waals surface area contributed by atoms with E-state index in [-0.39, 0.29) is 0 Å². The fourth-order valence-electron chi connectivity index (χ4n) is 2.78. The van der Waals surface area contributed by atoms with Gasteiger partial charge in [-0.25, -0.2) is 0 Å². The number of unbranched alkanes of at least 4 members (excludes halogenated alkanes) is 3. The zero-order chi connectivity index (χ0) is 13.9. The molecule has 0 amide bonds. The van der Waals surface area contributed by atoms with Crippen LogP contribution >= 0.6 is 0 Å². The third-order valence-electron chi connectivity index (χ3n) is 4.05. The van der Waals surface area contributed by atoms with E-state index >= 15 is 0 Å². The zero-order valence-corrected chi connectivity index (χ0v) is 13.3. The van der Waals surface area contributed by atoms with Gasteiger partial charge < -0.3 is 0 Å². The van der Waals surface area contributed by atoms with E-state index in [1.165, 1.54) is 64.2 Å². The Morgan fingerprint density at radius 3 is 2.63 bits per heavy atom. The van der Waals surface area contributed by atoms with Gasteiger partial charge >= 0.3 is 0 Å². The second-order valence-corrected chi connectivity index (χ2v) is 5.71. The minimum absolute atomic E-state index is 1.20. The molecule has 0 aromatic carbocycles. The maximum Gasteiger partial charge on any atom is -0.0103 e. The van der Waals surface area contributed by atoms with E-state index in [0.29, 0.717) is 0 Å². The van der Waals surface area contributed by atoms with Gasteiger partial charge in [-0.2, -0.15) is 0 Å². The highest BCUT2D eigenvalue weighted by Crippen LogP contribution is 2.29. The van der Waals surface area contributed by atoms with Gasteiger partial charge in [0.15, 0.2) is 0 Å². The van der Waals surface area contributed by atoms with Gasteiger partial charge in [-0.15, -0.1) is 0 Å². The Bertz CT molecular complexity index is 328. The van der Waals surface area contributed by atoms with Crippen LogP contribution in [0.2, 0.25) is 0 Å². The number of rotatable bonds is 9. The van der Waals surface area contributed by atoms with Crippen molar-refractivity contribution in [1.29, 1.82) is 0 Å². The minimum atomic E-state index is 1.20. The average Bonchev–Trinajstić information content (AvgIpc) is 2.45. The molecule has 0 fully saturated rings. The Balaban J connectivity index is 2.66. The lowest BCUT2D eigenvalue weighted by molar-refractivity contribution is 0.740. The second kappa shape index (κ2) is 10.1. The van der Waals surface area contributed by atoms with Crippen molar-refractivity contribution in [3.63, 3.8) is 0 Å². The molecule has 0 nitrogen and oxygen atoms in total. The van der Waals surface area contributed by atoms with Crippen LogP contribution in [0.25, 0.3) is 0 Å². The van der Waals surface area contributed by atoms with Crippen LogP contribution in [0, 0.1) is 0 Å². The van der Waals surface area contributed by atoms with Crippen LogP contribution in [0.4, 0.5) is 0 Å². The first-order chi connectivity index (χ1) is 9.31. The summed E-state index contributed by atoms with van der Waals surface area (Å²) in [5.41, 5.74) is 5.01. The predicted octanol–water partition coefficient (Wildman–Crippen LogP) is 6.74. The van der Waals surface area contributed by atoms with Crippen LogP contribution in [0.1, 0.15) is 85.0 Å². The van der Waals surface area contributed by atoms with Crippen LogP contribution in [0.3, 0.4) is 0 Å². The molecule has 1 aliphatic rings. The largest absolute Gasteiger partial charge is 0.0850 e. The number of allylic oxidation sites excluding steroid dienone is 6. The summed E-state index contributed by atoms with van der Waals surface area (Å²) >= 11 is 0. The fourth-order valence-corrected chi connectivity index (χ4v) is 2.78. The standard InChI is InChI=1S/C19H32/c1-4-7-9-13-17(12-8-5-2)16-19-15-11-10-14-18(19)6-3/h10,13-14H,4-9,11-12,15-16H2,1-3H3. The quantitative estimate of drug-likeness (QED) is 0.318. The Kier molecular flexibility index (Phi) is 8.62. The van der Waals surface area contributed by atoms with Crippen LogP contribution in [0.5, 0.6) is 0 Å². The number of hydrogen-bond acceptors (Lipinski definition) is 0. The Morgan fingerprint density at radius 2 is 1.95 bits per heavy atom.